The van der Waals surface area contributed by atoms with Crippen LogP contribution in [0.15, 0.2) is 133 Å². The van der Waals surface area contributed by atoms with Crippen LogP contribution in [-0.4, -0.2) is 12.8 Å². The lowest BCUT2D eigenvalue weighted by molar-refractivity contribution is 0.444. The number of benzene rings is 6. The molecule has 6 aromatic rings. The maximum Gasteiger partial charge on any atom is 0.252 e. The van der Waals surface area contributed by atoms with E-state index in [-0.39, 0.29) is 28.4 Å². The van der Waals surface area contributed by atoms with Gasteiger partial charge < -0.3 is 14.7 Å². The molecule has 0 saturated heterocycles. The van der Waals surface area contributed by atoms with E-state index in [1.807, 2.05) is 0 Å². The van der Waals surface area contributed by atoms with Crippen molar-refractivity contribution in [2.24, 2.45) is 11.8 Å². The Morgan fingerprint density at radius 2 is 0.986 bits per heavy atom. The van der Waals surface area contributed by atoms with Crippen LogP contribution >= 0.6 is 0 Å². The average Bonchev–Trinajstić information content (AvgIpc) is 3.95. The van der Waals surface area contributed by atoms with Crippen molar-refractivity contribution in [3.8, 4) is 0 Å². The predicted octanol–water partition coefficient (Wildman–Crippen LogP) is 16.1. The van der Waals surface area contributed by atoms with Gasteiger partial charge in [0.15, 0.2) is 0 Å². The zero-order chi connectivity index (χ0) is 48.4. The minimum Gasteiger partial charge on any atom is -0.339 e. The first-order valence-corrected chi connectivity index (χ1v) is 26.6. The normalized spacial score (nSPS) is 20.0. The van der Waals surface area contributed by atoms with Gasteiger partial charge in [-0.2, -0.15) is 0 Å². The van der Waals surface area contributed by atoms with Crippen LogP contribution < -0.4 is 31.1 Å². The van der Waals surface area contributed by atoms with E-state index < -0.39 is 0 Å². The molecule has 2 heterocycles. The van der Waals surface area contributed by atoms with Gasteiger partial charge in [-0.1, -0.05) is 175 Å². The van der Waals surface area contributed by atoms with Crippen LogP contribution in [0.5, 0.6) is 0 Å². The smallest absolute Gasteiger partial charge is 0.252 e. The quantitative estimate of drug-likeness (QED) is 0.122. The van der Waals surface area contributed by atoms with E-state index in [0.29, 0.717) is 23.8 Å². The summed E-state index contributed by atoms with van der Waals surface area (Å²) in [5.74, 6) is 1.77. The largest absolute Gasteiger partial charge is 0.339 e. The van der Waals surface area contributed by atoms with Gasteiger partial charge >= 0.3 is 0 Å². The topological polar surface area (TPSA) is 9.72 Å². The molecule has 0 amide bonds. The molecule has 3 nitrogen and oxygen atoms in total. The van der Waals surface area contributed by atoms with E-state index in [9.17, 15) is 0 Å². The van der Waals surface area contributed by atoms with Crippen molar-refractivity contribution in [2.75, 3.05) is 14.7 Å². The van der Waals surface area contributed by atoms with Crippen molar-refractivity contribution < 1.29 is 0 Å². The molecule has 69 heavy (non-hydrogen) atoms. The van der Waals surface area contributed by atoms with Crippen molar-refractivity contribution >= 4 is 68.6 Å². The van der Waals surface area contributed by atoms with Gasteiger partial charge in [0.25, 0.3) is 6.71 Å². The Balaban J connectivity index is 1.22. The lowest BCUT2D eigenvalue weighted by Gasteiger charge is -2.48. The monoisotopic (exact) mass is 910 g/mol. The summed E-state index contributed by atoms with van der Waals surface area (Å²) in [4.78, 5) is 8.06. The second-order valence-corrected chi connectivity index (χ2v) is 25.8. The standard InChI is InChI=1S/C65H76BN3/c1-62(2,3)46-21-28-50(29-22-46)67(51-30-23-47(24-31-51)63(4,5)6)53-40-59-61-60(41-53)69(58-37-42-18-19-45(58)36-42)57-34-20-44(43-16-14-13-15-17-43)38-54(57)66(61)55-39-49(65(10,11)12)27-35-56(55)68(59)52-32-25-48(26-33-52)64(7,8)9/h18-35,38-43,45,58H,13-17,36-37H2,1-12H3. The molecule has 4 heteroatoms. The molecule has 3 unspecified atom stereocenters. The molecule has 3 atom stereocenters. The van der Waals surface area contributed by atoms with Gasteiger partial charge in [0.2, 0.25) is 0 Å². The number of allylic oxidation sites excluding steroid dienone is 1. The average molecular weight is 910 g/mol. The first kappa shape index (κ1) is 45.9. The molecular formula is C65H76BN3. The SMILES string of the molecule is CC(C)(C)c1ccc(N(c2ccc(C(C)(C)C)cc2)c2cc3c4c(c2)N(C2CC5C=CC2C5)c2ccc(C5CCCCC5)cc2B4c2cc(C(C)(C)C)ccc2N3c2ccc(C(C)(C)C)cc2)cc1. The highest BCUT2D eigenvalue weighted by atomic mass is 15.2. The molecule has 0 radical (unpaired) electrons. The minimum absolute atomic E-state index is 0.00431. The van der Waals surface area contributed by atoms with Gasteiger partial charge in [0, 0.05) is 45.9 Å². The minimum atomic E-state index is -0.00431. The van der Waals surface area contributed by atoms with Crippen LogP contribution in [0.1, 0.15) is 162 Å². The summed E-state index contributed by atoms with van der Waals surface area (Å²) < 4.78 is 0. The van der Waals surface area contributed by atoms with E-state index in [1.54, 1.807) is 5.56 Å². The molecule has 354 valence electrons. The highest BCUT2D eigenvalue weighted by Gasteiger charge is 2.49. The summed E-state index contributed by atoms with van der Waals surface area (Å²) in [7, 11) is 0. The molecule has 5 aliphatic rings. The van der Waals surface area contributed by atoms with Crippen LogP contribution in [0.4, 0.5) is 45.5 Å². The highest BCUT2D eigenvalue weighted by Crippen LogP contribution is 2.52. The molecular weight excluding hydrogens is 834 g/mol. The summed E-state index contributed by atoms with van der Waals surface area (Å²) in [6.45, 7) is 28.1. The number of hydrogen-bond acceptors (Lipinski definition) is 3. The summed E-state index contributed by atoms with van der Waals surface area (Å²) in [5, 5.41) is 0. The maximum atomic E-state index is 2.87. The zero-order valence-corrected chi connectivity index (χ0v) is 43.9. The van der Waals surface area contributed by atoms with Crippen LogP contribution in [0.3, 0.4) is 0 Å². The molecule has 11 rings (SSSR count). The number of rotatable bonds is 6. The van der Waals surface area contributed by atoms with E-state index in [2.05, 4.69) is 231 Å². The number of anilines is 8. The Morgan fingerprint density at radius 3 is 1.52 bits per heavy atom. The van der Waals surface area contributed by atoms with Crippen LogP contribution in [0.2, 0.25) is 0 Å². The molecule has 2 fully saturated rings. The van der Waals surface area contributed by atoms with E-state index in [1.165, 1.54) is 129 Å². The first-order chi connectivity index (χ1) is 32.7. The van der Waals surface area contributed by atoms with Crippen molar-refractivity contribution in [3.63, 3.8) is 0 Å². The van der Waals surface area contributed by atoms with Crippen LogP contribution in [0, 0.1) is 11.8 Å². The fraction of sp³-hybridized carbons (Fsp3) is 0.415. The molecule has 6 aromatic carbocycles. The van der Waals surface area contributed by atoms with Crippen molar-refractivity contribution in [1.29, 1.82) is 0 Å². The fourth-order valence-corrected chi connectivity index (χ4v) is 12.8. The molecule has 2 saturated carbocycles. The number of fused-ring (bicyclic) bond motifs is 6. The third-order valence-electron chi connectivity index (χ3n) is 16.9. The summed E-state index contributed by atoms with van der Waals surface area (Å²) in [6.07, 6.45) is 14.1. The molecule has 0 aromatic heterocycles. The van der Waals surface area contributed by atoms with Gasteiger partial charge in [-0.05, 0) is 170 Å². The van der Waals surface area contributed by atoms with Gasteiger partial charge in [-0.3, -0.25) is 0 Å². The van der Waals surface area contributed by atoms with Gasteiger partial charge in [0.05, 0.1) is 5.69 Å². The maximum absolute atomic E-state index is 2.87. The molecule has 3 aliphatic carbocycles. The summed E-state index contributed by atoms with van der Waals surface area (Å²) in [6, 6.07) is 49.2. The molecule has 0 spiro atoms. The Labute approximate surface area is 416 Å². The van der Waals surface area contributed by atoms with Crippen LogP contribution in [0.25, 0.3) is 0 Å². The second-order valence-electron chi connectivity index (χ2n) is 25.8. The lowest BCUT2D eigenvalue weighted by atomic mass is 9.33. The Hall–Kier alpha value is -5.48. The van der Waals surface area contributed by atoms with Crippen molar-refractivity contribution in [2.45, 2.75) is 162 Å². The van der Waals surface area contributed by atoms with E-state index in [0.717, 1.165) is 0 Å². The van der Waals surface area contributed by atoms with Crippen molar-refractivity contribution in [1.82, 2.24) is 0 Å². The summed E-state index contributed by atoms with van der Waals surface area (Å²) >= 11 is 0. The second kappa shape index (κ2) is 16.6. The van der Waals surface area contributed by atoms with Gasteiger partial charge in [-0.15, -0.1) is 0 Å². The third kappa shape index (κ3) is 8.16. The van der Waals surface area contributed by atoms with E-state index >= 15 is 0 Å². The van der Waals surface area contributed by atoms with Gasteiger partial charge in [-0.25, -0.2) is 0 Å². The lowest BCUT2D eigenvalue weighted by Crippen LogP contribution is -2.63. The van der Waals surface area contributed by atoms with E-state index in [4.69, 9.17) is 0 Å². The number of nitrogens with zero attached hydrogens (tertiary/aromatic N) is 3. The number of hydrogen-bond donors (Lipinski definition) is 0. The third-order valence-corrected chi connectivity index (χ3v) is 16.9. The Kier molecular flexibility index (Phi) is 11.0. The molecule has 2 bridgehead atoms. The highest BCUT2D eigenvalue weighted by molar-refractivity contribution is 7.00. The zero-order valence-electron chi connectivity index (χ0n) is 43.9. The fourth-order valence-electron chi connectivity index (χ4n) is 12.8. The van der Waals surface area contributed by atoms with Crippen molar-refractivity contribution in [3.05, 3.63) is 161 Å². The van der Waals surface area contributed by atoms with Gasteiger partial charge in [0.1, 0.15) is 0 Å². The predicted molar refractivity (Wildman–Crippen MR) is 299 cm³/mol. The first-order valence-electron chi connectivity index (χ1n) is 26.6. The van der Waals surface area contributed by atoms with Crippen LogP contribution in [-0.2, 0) is 21.7 Å². The Morgan fingerprint density at radius 1 is 0.464 bits per heavy atom. The molecule has 2 aliphatic heterocycles. The Bertz CT molecular complexity index is 2870. The summed E-state index contributed by atoms with van der Waals surface area (Å²) in [5.41, 5.74) is 21.5. The molecule has 0 N–H and O–H groups in total.